The molecule has 0 spiro atoms. The molecule has 0 saturated carbocycles. The smallest absolute Gasteiger partial charge is 0.262 e. The average Bonchev–Trinajstić information content (AvgIpc) is 2.46. The molecule has 0 aliphatic rings. The average molecular weight is 354 g/mol. The summed E-state index contributed by atoms with van der Waals surface area (Å²) in [5.74, 6) is 0. The largest absolute Gasteiger partial charge is 0.277 e. The molecule has 0 aliphatic heterocycles. The van der Waals surface area contributed by atoms with Crippen LogP contribution in [0.3, 0.4) is 0 Å². The number of rotatable bonds is 5. The maximum atomic E-state index is 12.6. The summed E-state index contributed by atoms with van der Waals surface area (Å²) in [5.41, 5.74) is 1.06. The molecule has 2 rings (SSSR count). The predicted molar refractivity (Wildman–Crippen MR) is 91.7 cm³/mol. The summed E-state index contributed by atoms with van der Waals surface area (Å²) in [5, 5.41) is 0. The van der Waals surface area contributed by atoms with E-state index in [1.54, 1.807) is 37.3 Å². The normalized spacial score (nSPS) is 12.0. The van der Waals surface area contributed by atoms with E-state index in [9.17, 15) is 16.8 Å². The second-order valence-corrected chi connectivity index (χ2v) is 8.78. The summed E-state index contributed by atoms with van der Waals surface area (Å²) in [4.78, 5) is 0.150. The number of aryl methyl sites for hydroxylation is 1. The van der Waals surface area contributed by atoms with Gasteiger partial charge in [-0.05, 0) is 30.7 Å². The van der Waals surface area contributed by atoms with E-state index in [0.29, 0.717) is 5.56 Å². The monoisotopic (exact) mass is 354 g/mol. The molecule has 0 bridgehead atoms. The van der Waals surface area contributed by atoms with Crippen molar-refractivity contribution in [3.63, 3.8) is 0 Å². The van der Waals surface area contributed by atoms with Crippen molar-refractivity contribution in [3.8, 4) is 0 Å². The highest BCUT2D eigenvalue weighted by molar-refractivity contribution is 7.93. The highest BCUT2D eigenvalue weighted by Gasteiger charge is 2.21. The lowest BCUT2D eigenvalue weighted by molar-refractivity contribution is 0.598. The third kappa shape index (κ3) is 3.83. The fourth-order valence-corrected chi connectivity index (χ4v) is 3.91. The first kappa shape index (κ1) is 17.3. The molecular formula is C15H18N2O4S2. The van der Waals surface area contributed by atoms with Crippen LogP contribution in [-0.4, -0.2) is 30.1 Å². The number of sulfonamides is 2. The summed E-state index contributed by atoms with van der Waals surface area (Å²) in [6, 6.07) is 12.9. The number of anilines is 2. The number of nitrogens with one attached hydrogen (secondary N) is 1. The van der Waals surface area contributed by atoms with Crippen LogP contribution in [0, 0.1) is 6.92 Å². The lowest BCUT2D eigenvalue weighted by Gasteiger charge is -2.21. The lowest BCUT2D eigenvalue weighted by atomic mass is 10.2. The van der Waals surface area contributed by atoms with E-state index >= 15 is 0 Å². The van der Waals surface area contributed by atoms with Crippen molar-refractivity contribution >= 4 is 31.4 Å². The molecule has 2 aromatic rings. The molecule has 0 saturated heterocycles. The van der Waals surface area contributed by atoms with Gasteiger partial charge in [-0.3, -0.25) is 9.03 Å². The van der Waals surface area contributed by atoms with Gasteiger partial charge in [-0.2, -0.15) is 0 Å². The summed E-state index contributed by atoms with van der Waals surface area (Å²) < 4.78 is 52.1. The Morgan fingerprint density at radius 2 is 1.48 bits per heavy atom. The maximum absolute atomic E-state index is 12.6. The van der Waals surface area contributed by atoms with Crippen LogP contribution in [0.1, 0.15) is 5.56 Å². The van der Waals surface area contributed by atoms with Crippen LogP contribution >= 0.6 is 0 Å². The molecule has 0 aromatic heterocycles. The van der Waals surface area contributed by atoms with Gasteiger partial charge in [-0.15, -0.1) is 0 Å². The van der Waals surface area contributed by atoms with Crippen molar-refractivity contribution in [3.05, 3.63) is 54.1 Å². The van der Waals surface area contributed by atoms with Crippen LogP contribution in [0.4, 0.5) is 11.4 Å². The Morgan fingerprint density at radius 1 is 0.913 bits per heavy atom. The van der Waals surface area contributed by atoms with Crippen molar-refractivity contribution in [2.24, 2.45) is 0 Å². The summed E-state index contributed by atoms with van der Waals surface area (Å²) >= 11 is 0. The fourth-order valence-electron chi connectivity index (χ4n) is 2.07. The minimum atomic E-state index is -3.82. The number of hydrogen-bond donors (Lipinski definition) is 1. The third-order valence-corrected chi connectivity index (χ3v) is 6.09. The van der Waals surface area contributed by atoms with Crippen LogP contribution in [0.25, 0.3) is 0 Å². The van der Waals surface area contributed by atoms with Gasteiger partial charge in [-0.25, -0.2) is 16.8 Å². The van der Waals surface area contributed by atoms with Crippen molar-refractivity contribution in [2.45, 2.75) is 11.8 Å². The van der Waals surface area contributed by atoms with E-state index in [4.69, 9.17) is 0 Å². The Labute approximate surface area is 136 Å². The van der Waals surface area contributed by atoms with Gasteiger partial charge in [-0.1, -0.05) is 30.3 Å². The van der Waals surface area contributed by atoms with Crippen molar-refractivity contribution in [2.75, 3.05) is 22.3 Å². The summed E-state index contributed by atoms with van der Waals surface area (Å²) in [7, 11) is -5.95. The molecule has 0 atom stereocenters. The van der Waals surface area contributed by atoms with E-state index in [-0.39, 0.29) is 16.3 Å². The van der Waals surface area contributed by atoms with Gasteiger partial charge in [0.05, 0.1) is 22.5 Å². The third-order valence-electron chi connectivity index (χ3n) is 3.37. The zero-order valence-electron chi connectivity index (χ0n) is 13.0. The zero-order valence-corrected chi connectivity index (χ0v) is 14.6. The quantitative estimate of drug-likeness (QED) is 0.892. The van der Waals surface area contributed by atoms with E-state index in [0.717, 1.165) is 10.6 Å². The molecule has 0 aliphatic carbocycles. The SMILES string of the molecule is Cc1ccccc1S(=O)(=O)Nc1ccccc1N(C)S(C)(=O)=O. The molecular weight excluding hydrogens is 336 g/mol. The summed E-state index contributed by atoms with van der Waals surface area (Å²) in [6.45, 7) is 1.70. The second kappa shape index (κ2) is 6.21. The van der Waals surface area contributed by atoms with Gasteiger partial charge in [0.25, 0.3) is 10.0 Å². The first-order valence-electron chi connectivity index (χ1n) is 6.74. The number of hydrogen-bond acceptors (Lipinski definition) is 4. The van der Waals surface area contributed by atoms with Crippen LogP contribution in [-0.2, 0) is 20.0 Å². The zero-order chi connectivity index (χ0) is 17.3. The van der Waals surface area contributed by atoms with Crippen molar-refractivity contribution < 1.29 is 16.8 Å². The van der Waals surface area contributed by atoms with Gasteiger partial charge in [0, 0.05) is 7.05 Å². The topological polar surface area (TPSA) is 83.6 Å². The van der Waals surface area contributed by atoms with E-state index < -0.39 is 20.0 Å². The van der Waals surface area contributed by atoms with E-state index in [2.05, 4.69) is 4.72 Å². The van der Waals surface area contributed by atoms with E-state index in [1.165, 1.54) is 25.2 Å². The fraction of sp³-hybridized carbons (Fsp3) is 0.200. The molecule has 1 N–H and O–H groups in total. The Morgan fingerprint density at radius 3 is 2.09 bits per heavy atom. The molecule has 6 nitrogen and oxygen atoms in total. The molecule has 0 fully saturated rings. The number of nitrogens with zero attached hydrogens (tertiary/aromatic N) is 1. The molecule has 2 aromatic carbocycles. The molecule has 0 radical (unpaired) electrons. The highest BCUT2D eigenvalue weighted by Crippen LogP contribution is 2.29. The predicted octanol–water partition coefficient (Wildman–Crippen LogP) is 2.19. The van der Waals surface area contributed by atoms with Gasteiger partial charge in [0.2, 0.25) is 10.0 Å². The van der Waals surface area contributed by atoms with Crippen LogP contribution in [0.2, 0.25) is 0 Å². The summed E-state index contributed by atoms with van der Waals surface area (Å²) in [6.07, 6.45) is 1.06. The Kier molecular flexibility index (Phi) is 4.67. The van der Waals surface area contributed by atoms with Crippen molar-refractivity contribution in [1.29, 1.82) is 0 Å². The van der Waals surface area contributed by atoms with Gasteiger partial charge < -0.3 is 0 Å². The van der Waals surface area contributed by atoms with Crippen molar-refractivity contribution in [1.82, 2.24) is 0 Å². The minimum absolute atomic E-state index is 0.150. The van der Waals surface area contributed by atoms with Crippen LogP contribution < -0.4 is 9.03 Å². The molecule has 8 heteroatoms. The minimum Gasteiger partial charge on any atom is -0.277 e. The standard InChI is InChI=1S/C15H18N2O4S2/c1-12-8-4-7-11-15(12)23(20,21)16-13-9-5-6-10-14(13)17(2)22(3,18)19/h4-11,16H,1-3H3. The van der Waals surface area contributed by atoms with Gasteiger partial charge >= 0.3 is 0 Å². The Hall–Kier alpha value is -2.06. The van der Waals surface area contributed by atoms with Gasteiger partial charge in [0.1, 0.15) is 0 Å². The van der Waals surface area contributed by atoms with Gasteiger partial charge in [0.15, 0.2) is 0 Å². The molecule has 0 amide bonds. The Balaban J connectivity index is 2.48. The lowest BCUT2D eigenvalue weighted by Crippen LogP contribution is -2.26. The van der Waals surface area contributed by atoms with E-state index in [1.807, 2.05) is 0 Å². The molecule has 23 heavy (non-hydrogen) atoms. The Bertz CT molecular complexity index is 922. The highest BCUT2D eigenvalue weighted by atomic mass is 32.2. The number of para-hydroxylation sites is 2. The van der Waals surface area contributed by atoms with Crippen LogP contribution in [0.15, 0.2) is 53.4 Å². The molecule has 0 unspecified atom stereocenters. The number of benzene rings is 2. The van der Waals surface area contributed by atoms with Crippen LogP contribution in [0.5, 0.6) is 0 Å². The second-order valence-electron chi connectivity index (χ2n) is 5.12. The first-order chi connectivity index (χ1) is 10.6. The maximum Gasteiger partial charge on any atom is 0.262 e. The molecule has 0 heterocycles. The first-order valence-corrected chi connectivity index (χ1v) is 10.1. The molecule has 124 valence electrons.